The monoisotopic (exact) mass is 419 g/mol. The second-order valence-corrected chi connectivity index (χ2v) is 8.28. The van der Waals surface area contributed by atoms with Crippen molar-refractivity contribution in [2.24, 2.45) is 11.7 Å². The molecule has 0 bridgehead atoms. The molecule has 152 valence electrons. The summed E-state index contributed by atoms with van der Waals surface area (Å²) in [5.41, 5.74) is 7.99. The Kier molecular flexibility index (Phi) is 5.37. The van der Waals surface area contributed by atoms with Crippen molar-refractivity contribution >= 4 is 40.4 Å². The highest BCUT2D eigenvalue weighted by molar-refractivity contribution is 7.10. The minimum absolute atomic E-state index is 0.0942. The predicted octanol–water partition coefficient (Wildman–Crippen LogP) is 3.89. The van der Waals surface area contributed by atoms with Crippen LogP contribution in [-0.4, -0.2) is 17.7 Å². The lowest BCUT2D eigenvalue weighted by atomic mass is 9.97. The van der Waals surface area contributed by atoms with E-state index in [4.69, 9.17) is 5.73 Å². The molecule has 0 aliphatic carbocycles. The van der Waals surface area contributed by atoms with E-state index in [1.54, 1.807) is 23.1 Å². The van der Waals surface area contributed by atoms with E-state index in [2.05, 4.69) is 5.32 Å². The maximum atomic E-state index is 13.2. The van der Waals surface area contributed by atoms with Gasteiger partial charge in [0.05, 0.1) is 12.0 Å². The molecular weight excluding hydrogens is 398 g/mol. The molecule has 3 amide bonds. The Bertz CT molecular complexity index is 1090. The summed E-state index contributed by atoms with van der Waals surface area (Å²) >= 11 is 1.52. The van der Waals surface area contributed by atoms with Gasteiger partial charge in [-0.1, -0.05) is 29.8 Å². The van der Waals surface area contributed by atoms with Crippen molar-refractivity contribution < 1.29 is 14.4 Å². The fourth-order valence-corrected chi connectivity index (χ4v) is 4.63. The number of anilines is 2. The molecule has 4 rings (SSSR count). The molecule has 1 fully saturated rings. The van der Waals surface area contributed by atoms with Crippen LogP contribution in [0.4, 0.5) is 11.4 Å². The van der Waals surface area contributed by atoms with Crippen LogP contribution in [-0.2, 0) is 9.59 Å². The number of carbonyl (C=O) groups is 3. The van der Waals surface area contributed by atoms with Crippen molar-refractivity contribution in [3.05, 3.63) is 82.0 Å². The van der Waals surface area contributed by atoms with Crippen LogP contribution in [0.15, 0.2) is 66.0 Å². The smallest absolute Gasteiger partial charge is 0.248 e. The van der Waals surface area contributed by atoms with Gasteiger partial charge in [0.15, 0.2) is 0 Å². The maximum Gasteiger partial charge on any atom is 0.248 e. The molecule has 0 unspecified atom stereocenters. The number of thiophene rings is 1. The Morgan fingerprint density at radius 2 is 1.87 bits per heavy atom. The van der Waals surface area contributed by atoms with Gasteiger partial charge in [-0.15, -0.1) is 11.3 Å². The molecule has 3 aromatic rings. The number of rotatable bonds is 5. The van der Waals surface area contributed by atoms with Crippen LogP contribution in [0.2, 0.25) is 0 Å². The highest BCUT2D eigenvalue weighted by Crippen LogP contribution is 2.43. The lowest BCUT2D eigenvalue weighted by Crippen LogP contribution is -2.32. The zero-order valence-electron chi connectivity index (χ0n) is 16.4. The topological polar surface area (TPSA) is 92.5 Å². The van der Waals surface area contributed by atoms with Crippen LogP contribution in [0.5, 0.6) is 0 Å². The summed E-state index contributed by atoms with van der Waals surface area (Å²) in [6.07, 6.45) is 0.109. The zero-order chi connectivity index (χ0) is 21.3. The van der Waals surface area contributed by atoms with Crippen molar-refractivity contribution in [3.8, 4) is 0 Å². The Hall–Kier alpha value is -3.45. The SMILES string of the molecule is Cc1ccc(N2C(=O)C[C@H](C(=O)Nc3cccc(C(N)=O)c3)[C@H]2c2cccs2)cc1. The third-order valence-corrected chi connectivity index (χ3v) is 6.16. The lowest BCUT2D eigenvalue weighted by Gasteiger charge is -2.27. The second kappa shape index (κ2) is 8.12. The Morgan fingerprint density at radius 1 is 1.10 bits per heavy atom. The number of hydrogen-bond acceptors (Lipinski definition) is 4. The van der Waals surface area contributed by atoms with Gasteiger partial charge in [0.2, 0.25) is 17.7 Å². The summed E-state index contributed by atoms with van der Waals surface area (Å²) in [7, 11) is 0. The summed E-state index contributed by atoms with van der Waals surface area (Å²) < 4.78 is 0. The summed E-state index contributed by atoms with van der Waals surface area (Å²) in [4.78, 5) is 40.2. The molecule has 30 heavy (non-hydrogen) atoms. The molecule has 2 heterocycles. The van der Waals surface area contributed by atoms with Crippen molar-refractivity contribution in [3.63, 3.8) is 0 Å². The van der Waals surface area contributed by atoms with Crippen molar-refractivity contribution in [2.45, 2.75) is 19.4 Å². The van der Waals surface area contributed by atoms with E-state index in [9.17, 15) is 14.4 Å². The molecule has 1 aromatic heterocycles. The normalized spacial score (nSPS) is 18.4. The Morgan fingerprint density at radius 3 is 2.53 bits per heavy atom. The van der Waals surface area contributed by atoms with Crippen LogP contribution in [0.25, 0.3) is 0 Å². The van der Waals surface area contributed by atoms with Crippen LogP contribution < -0.4 is 16.0 Å². The number of benzene rings is 2. The molecule has 1 aliphatic rings. The van der Waals surface area contributed by atoms with Crippen LogP contribution >= 0.6 is 11.3 Å². The average Bonchev–Trinajstić information content (AvgIpc) is 3.36. The lowest BCUT2D eigenvalue weighted by molar-refractivity contribution is -0.122. The van der Waals surface area contributed by atoms with E-state index < -0.39 is 11.8 Å². The van der Waals surface area contributed by atoms with Crippen molar-refractivity contribution in [2.75, 3.05) is 10.2 Å². The summed E-state index contributed by atoms with van der Waals surface area (Å²) in [5, 5.41) is 4.79. The third-order valence-electron chi connectivity index (χ3n) is 5.22. The molecule has 0 spiro atoms. The molecule has 1 saturated heterocycles. The first-order valence-electron chi connectivity index (χ1n) is 9.57. The molecule has 1 aliphatic heterocycles. The van der Waals surface area contributed by atoms with Crippen LogP contribution in [0.1, 0.15) is 33.3 Å². The standard InChI is InChI=1S/C23H21N3O3S/c1-14-7-9-17(10-8-14)26-20(27)13-18(21(26)19-6-3-11-30-19)23(29)25-16-5-2-4-15(12-16)22(24)28/h2-12,18,21H,13H2,1H3,(H2,24,28)(H,25,29)/t18-,21-/m0/s1. The number of carbonyl (C=O) groups excluding carboxylic acids is 3. The zero-order valence-corrected chi connectivity index (χ0v) is 17.2. The highest BCUT2D eigenvalue weighted by atomic mass is 32.1. The average molecular weight is 420 g/mol. The Labute approximate surface area is 178 Å². The molecule has 0 saturated carbocycles. The third kappa shape index (κ3) is 3.84. The van der Waals surface area contributed by atoms with Gasteiger partial charge in [0, 0.05) is 28.2 Å². The first kappa shape index (κ1) is 19.8. The Balaban J connectivity index is 1.65. The maximum absolute atomic E-state index is 13.2. The summed E-state index contributed by atoms with van der Waals surface area (Å²) in [6.45, 7) is 1.99. The number of amides is 3. The van der Waals surface area contributed by atoms with E-state index in [-0.39, 0.29) is 24.3 Å². The van der Waals surface area contributed by atoms with Crippen LogP contribution in [0.3, 0.4) is 0 Å². The number of aryl methyl sites for hydroxylation is 1. The van der Waals surface area contributed by atoms with Crippen molar-refractivity contribution in [1.82, 2.24) is 0 Å². The van der Waals surface area contributed by atoms with E-state index in [0.717, 1.165) is 16.1 Å². The molecule has 0 radical (unpaired) electrons. The van der Waals surface area contributed by atoms with Gasteiger partial charge in [-0.3, -0.25) is 14.4 Å². The number of nitrogens with two attached hydrogens (primary N) is 1. The van der Waals surface area contributed by atoms with Gasteiger partial charge in [-0.25, -0.2) is 0 Å². The number of nitrogens with zero attached hydrogens (tertiary/aromatic N) is 1. The second-order valence-electron chi connectivity index (χ2n) is 7.30. The molecular formula is C23H21N3O3S. The quantitative estimate of drug-likeness (QED) is 0.657. The minimum atomic E-state index is -0.566. The van der Waals surface area contributed by atoms with Gasteiger partial charge in [-0.2, -0.15) is 0 Å². The molecule has 7 heteroatoms. The van der Waals surface area contributed by atoms with Gasteiger partial charge in [-0.05, 0) is 48.7 Å². The molecule has 2 atom stereocenters. The van der Waals surface area contributed by atoms with Gasteiger partial charge in [0.25, 0.3) is 0 Å². The van der Waals surface area contributed by atoms with Gasteiger partial charge < -0.3 is 16.0 Å². The predicted molar refractivity (Wildman–Crippen MR) is 117 cm³/mol. The van der Waals surface area contributed by atoms with Gasteiger partial charge >= 0.3 is 0 Å². The van der Waals surface area contributed by atoms with Crippen molar-refractivity contribution in [1.29, 1.82) is 0 Å². The number of hydrogen-bond donors (Lipinski definition) is 2. The fraction of sp³-hybridized carbons (Fsp3) is 0.174. The summed E-state index contributed by atoms with van der Waals surface area (Å²) in [5.74, 6) is -1.49. The molecule has 3 N–H and O–H groups in total. The number of primary amides is 1. The molecule has 2 aromatic carbocycles. The van der Waals surface area contributed by atoms with Gasteiger partial charge in [0.1, 0.15) is 0 Å². The first-order valence-corrected chi connectivity index (χ1v) is 10.4. The highest BCUT2D eigenvalue weighted by Gasteiger charge is 2.45. The van der Waals surface area contributed by atoms with E-state index in [1.165, 1.54) is 17.4 Å². The van der Waals surface area contributed by atoms with E-state index in [0.29, 0.717) is 11.3 Å². The van der Waals surface area contributed by atoms with E-state index in [1.807, 2.05) is 48.7 Å². The minimum Gasteiger partial charge on any atom is -0.366 e. The number of nitrogens with one attached hydrogen (secondary N) is 1. The summed E-state index contributed by atoms with van der Waals surface area (Å²) in [6, 6.07) is 17.7. The largest absolute Gasteiger partial charge is 0.366 e. The first-order chi connectivity index (χ1) is 14.4. The van der Waals surface area contributed by atoms with E-state index >= 15 is 0 Å². The molecule has 6 nitrogen and oxygen atoms in total. The fourth-order valence-electron chi connectivity index (χ4n) is 3.75. The van der Waals surface area contributed by atoms with Crippen LogP contribution in [0, 0.1) is 12.8 Å².